The molecule has 38 heavy (non-hydrogen) atoms. The molecule has 0 unspecified atom stereocenters. The third-order valence-electron chi connectivity index (χ3n) is 8.99. The van der Waals surface area contributed by atoms with Crippen molar-refractivity contribution in [2.75, 3.05) is 50.7 Å². The maximum absolute atomic E-state index is 13.4. The highest BCUT2D eigenvalue weighted by Gasteiger charge is 2.31. The average molecular weight is 514 g/mol. The molecule has 2 fully saturated rings. The second-order valence-electron chi connectivity index (χ2n) is 11.1. The smallest absolute Gasteiger partial charge is 0.248 e. The molecule has 1 saturated carbocycles. The molecule has 3 aromatic rings. The number of nitrogens with zero attached hydrogens (tertiary/aromatic N) is 4. The summed E-state index contributed by atoms with van der Waals surface area (Å²) in [5.41, 5.74) is 12.3. The molecule has 0 radical (unpaired) electrons. The molecular formula is C31H39N5O2. The molecule has 6 rings (SSSR count). The van der Waals surface area contributed by atoms with E-state index in [4.69, 9.17) is 5.73 Å². The Hall–Kier alpha value is -3.32. The lowest BCUT2D eigenvalue weighted by atomic mass is 9.81. The molecule has 1 aromatic heterocycles. The van der Waals surface area contributed by atoms with Crippen molar-refractivity contribution in [3.05, 3.63) is 53.6 Å². The van der Waals surface area contributed by atoms with E-state index in [9.17, 15) is 9.59 Å². The monoisotopic (exact) mass is 513 g/mol. The number of aromatic nitrogens is 1. The Kier molecular flexibility index (Phi) is 6.87. The van der Waals surface area contributed by atoms with Crippen LogP contribution in [0.15, 0.2) is 42.5 Å². The number of carbonyl (C=O) groups excluding carboxylic acids is 2. The molecule has 1 saturated heterocycles. The summed E-state index contributed by atoms with van der Waals surface area (Å²) >= 11 is 0. The quantitative estimate of drug-likeness (QED) is 0.547. The number of nitrogens with two attached hydrogens (primary N) is 1. The highest BCUT2D eigenvalue weighted by Crippen LogP contribution is 2.47. The number of hydrogen-bond donors (Lipinski definition) is 1. The van der Waals surface area contributed by atoms with E-state index >= 15 is 0 Å². The molecule has 7 heteroatoms. The Morgan fingerprint density at radius 3 is 2.42 bits per heavy atom. The third-order valence-corrected chi connectivity index (χ3v) is 8.99. The molecule has 0 atom stereocenters. The van der Waals surface area contributed by atoms with Crippen LogP contribution >= 0.6 is 0 Å². The number of fused-ring (bicyclic) bond motifs is 5. The predicted molar refractivity (Wildman–Crippen MR) is 153 cm³/mol. The van der Waals surface area contributed by atoms with Crippen LogP contribution in [-0.2, 0) is 11.3 Å². The fourth-order valence-corrected chi connectivity index (χ4v) is 6.89. The van der Waals surface area contributed by atoms with Crippen LogP contribution in [0.25, 0.3) is 22.2 Å². The molecule has 3 heterocycles. The fraction of sp³-hybridized carbons (Fsp3) is 0.484. The van der Waals surface area contributed by atoms with Crippen molar-refractivity contribution in [1.29, 1.82) is 0 Å². The molecule has 0 bridgehead atoms. The fourth-order valence-electron chi connectivity index (χ4n) is 6.89. The lowest BCUT2D eigenvalue weighted by Gasteiger charge is -2.35. The van der Waals surface area contributed by atoms with Gasteiger partial charge in [-0.15, -0.1) is 0 Å². The van der Waals surface area contributed by atoms with E-state index in [1.165, 1.54) is 54.3 Å². The third kappa shape index (κ3) is 4.47. The zero-order valence-electron chi connectivity index (χ0n) is 22.5. The van der Waals surface area contributed by atoms with Crippen LogP contribution in [0.3, 0.4) is 0 Å². The van der Waals surface area contributed by atoms with Gasteiger partial charge in [0, 0.05) is 67.0 Å². The summed E-state index contributed by atoms with van der Waals surface area (Å²) in [7, 11) is 0. The van der Waals surface area contributed by atoms with Crippen molar-refractivity contribution in [1.82, 2.24) is 14.4 Å². The first kappa shape index (κ1) is 25.0. The van der Waals surface area contributed by atoms with Gasteiger partial charge in [0.05, 0.1) is 12.2 Å². The lowest BCUT2D eigenvalue weighted by molar-refractivity contribution is -0.131. The first-order chi connectivity index (χ1) is 18.5. The van der Waals surface area contributed by atoms with Gasteiger partial charge >= 0.3 is 0 Å². The molecular weight excluding hydrogens is 474 g/mol. The molecule has 2 N–H and O–H groups in total. The van der Waals surface area contributed by atoms with Gasteiger partial charge in [-0.25, -0.2) is 0 Å². The Labute approximate surface area is 225 Å². The van der Waals surface area contributed by atoms with Crippen molar-refractivity contribution in [3.8, 4) is 11.3 Å². The Morgan fingerprint density at radius 2 is 1.68 bits per heavy atom. The van der Waals surface area contributed by atoms with Gasteiger partial charge in [0.15, 0.2) is 0 Å². The van der Waals surface area contributed by atoms with Crippen molar-refractivity contribution in [2.45, 2.75) is 51.5 Å². The predicted octanol–water partition coefficient (Wildman–Crippen LogP) is 4.44. The molecule has 0 spiro atoms. The summed E-state index contributed by atoms with van der Waals surface area (Å²) in [6.45, 7) is 8.59. The van der Waals surface area contributed by atoms with Gasteiger partial charge in [0.1, 0.15) is 0 Å². The maximum atomic E-state index is 13.4. The van der Waals surface area contributed by atoms with Crippen molar-refractivity contribution in [2.24, 2.45) is 5.73 Å². The van der Waals surface area contributed by atoms with E-state index in [2.05, 4.69) is 51.6 Å². The number of para-hydroxylation sites is 1. The largest absolute Gasteiger partial charge is 0.366 e. The SMILES string of the molecule is CCN1CCN(C(=O)CN2CCn3c(c(C4CCCCC4)c4ccc(C(N)=O)cc43)-c3ccccc32)CC1. The number of primary amides is 1. The molecule has 2 aliphatic heterocycles. The van der Waals surface area contributed by atoms with Crippen LogP contribution < -0.4 is 10.6 Å². The van der Waals surface area contributed by atoms with Crippen LogP contribution in [0.2, 0.25) is 0 Å². The van der Waals surface area contributed by atoms with Crippen molar-refractivity contribution in [3.63, 3.8) is 0 Å². The first-order valence-electron chi connectivity index (χ1n) is 14.4. The van der Waals surface area contributed by atoms with Gasteiger partial charge in [-0.1, -0.05) is 50.5 Å². The summed E-state index contributed by atoms with van der Waals surface area (Å²) in [6, 6.07) is 14.5. The van der Waals surface area contributed by atoms with Gasteiger partial charge < -0.3 is 25.0 Å². The maximum Gasteiger partial charge on any atom is 0.248 e. The Bertz CT molecular complexity index is 1350. The van der Waals surface area contributed by atoms with E-state index < -0.39 is 5.91 Å². The number of carbonyl (C=O) groups is 2. The number of likely N-dealkylation sites (N-methyl/N-ethyl adjacent to an activating group) is 1. The van der Waals surface area contributed by atoms with Crippen LogP contribution in [0.1, 0.15) is 60.9 Å². The summed E-state index contributed by atoms with van der Waals surface area (Å²) in [4.78, 5) is 32.3. The normalized spacial score (nSPS) is 18.8. The summed E-state index contributed by atoms with van der Waals surface area (Å²) in [6.07, 6.45) is 6.19. The van der Waals surface area contributed by atoms with Crippen LogP contribution in [0.4, 0.5) is 5.69 Å². The van der Waals surface area contributed by atoms with Crippen LogP contribution in [-0.4, -0.2) is 72.0 Å². The average Bonchev–Trinajstić information content (AvgIpc) is 3.20. The van der Waals surface area contributed by atoms with Gasteiger partial charge in [-0.2, -0.15) is 0 Å². The lowest BCUT2D eigenvalue weighted by Crippen LogP contribution is -2.51. The highest BCUT2D eigenvalue weighted by molar-refractivity contribution is 6.01. The topological polar surface area (TPSA) is 74.8 Å². The van der Waals surface area contributed by atoms with Gasteiger partial charge in [-0.3, -0.25) is 9.59 Å². The van der Waals surface area contributed by atoms with Crippen LogP contribution in [0, 0.1) is 0 Å². The zero-order chi connectivity index (χ0) is 26.2. The number of hydrogen-bond acceptors (Lipinski definition) is 4. The van der Waals surface area contributed by atoms with Gasteiger partial charge in [0.25, 0.3) is 0 Å². The Morgan fingerprint density at radius 1 is 0.921 bits per heavy atom. The number of amides is 2. The minimum atomic E-state index is -0.397. The Balaban J connectivity index is 1.41. The van der Waals surface area contributed by atoms with Crippen molar-refractivity contribution < 1.29 is 9.59 Å². The van der Waals surface area contributed by atoms with E-state index in [0.717, 1.165) is 57.0 Å². The molecule has 3 aliphatic rings. The molecule has 7 nitrogen and oxygen atoms in total. The molecule has 200 valence electrons. The van der Waals surface area contributed by atoms with Crippen LogP contribution in [0.5, 0.6) is 0 Å². The summed E-state index contributed by atoms with van der Waals surface area (Å²) in [5, 5.41) is 1.24. The van der Waals surface area contributed by atoms with Gasteiger partial charge in [0.2, 0.25) is 11.8 Å². The van der Waals surface area contributed by atoms with E-state index in [0.29, 0.717) is 18.0 Å². The zero-order valence-corrected chi connectivity index (χ0v) is 22.5. The van der Waals surface area contributed by atoms with Gasteiger partial charge in [-0.05, 0) is 49.1 Å². The number of rotatable bonds is 5. The standard InChI is InChI=1S/C31H39N5O2/c1-2-33-14-16-34(17-15-33)28(37)21-35-18-19-36-27-20-23(31(32)38)12-13-24(27)29(22-8-4-3-5-9-22)30(36)25-10-6-7-11-26(25)35/h6-7,10-13,20,22H,2-5,8-9,14-19,21H2,1H3,(H2,32,38). The first-order valence-corrected chi connectivity index (χ1v) is 14.4. The molecule has 1 aliphatic carbocycles. The number of anilines is 1. The minimum absolute atomic E-state index is 0.204. The van der Waals surface area contributed by atoms with Crippen molar-refractivity contribution >= 4 is 28.4 Å². The summed E-state index contributed by atoms with van der Waals surface area (Å²) in [5.74, 6) is 0.305. The minimum Gasteiger partial charge on any atom is -0.366 e. The van der Waals surface area contributed by atoms with E-state index in [1.807, 2.05) is 17.0 Å². The molecule has 2 amide bonds. The summed E-state index contributed by atoms with van der Waals surface area (Å²) < 4.78 is 2.40. The highest BCUT2D eigenvalue weighted by atomic mass is 16.2. The number of benzene rings is 2. The van der Waals surface area contributed by atoms with E-state index in [1.54, 1.807) is 0 Å². The number of piperazine rings is 1. The molecule has 2 aromatic carbocycles. The van der Waals surface area contributed by atoms with E-state index in [-0.39, 0.29) is 5.91 Å². The second-order valence-corrected chi connectivity index (χ2v) is 11.1. The second kappa shape index (κ2) is 10.4.